The minimum Gasteiger partial charge on any atom is -0.450 e. The average molecular weight is 387 g/mol. The number of amides is 1. The topological polar surface area (TPSA) is 94.6 Å². The number of aromatic nitrogens is 2. The van der Waals surface area contributed by atoms with Crippen LogP contribution < -0.4 is 10.6 Å². The molecule has 1 aliphatic heterocycles. The zero-order chi connectivity index (χ0) is 19.8. The minimum absolute atomic E-state index is 0.214. The Morgan fingerprint density at radius 3 is 2.86 bits per heavy atom. The van der Waals surface area contributed by atoms with Gasteiger partial charge in [0.25, 0.3) is 0 Å². The van der Waals surface area contributed by atoms with E-state index in [1.165, 1.54) is 0 Å². The first-order valence-electron chi connectivity index (χ1n) is 10.0. The van der Waals surface area contributed by atoms with E-state index in [1.54, 1.807) is 11.9 Å². The predicted molar refractivity (Wildman–Crippen MR) is 111 cm³/mol. The molecule has 152 valence electrons. The van der Waals surface area contributed by atoms with Crippen LogP contribution >= 0.6 is 0 Å². The van der Waals surface area contributed by atoms with Gasteiger partial charge < -0.3 is 25.3 Å². The molecule has 3 rings (SSSR count). The lowest BCUT2D eigenvalue weighted by Gasteiger charge is -2.32. The van der Waals surface area contributed by atoms with Gasteiger partial charge in [0, 0.05) is 39.1 Å². The number of fused-ring (bicyclic) bond motifs is 1. The van der Waals surface area contributed by atoms with Crippen molar-refractivity contribution in [1.82, 2.24) is 25.5 Å². The smallest absolute Gasteiger partial charge is 0.409 e. The fraction of sp³-hybridized carbons (Fsp3) is 0.550. The van der Waals surface area contributed by atoms with Gasteiger partial charge in [-0.1, -0.05) is 12.1 Å². The third kappa shape index (κ3) is 5.37. The van der Waals surface area contributed by atoms with Crippen molar-refractivity contribution in [2.24, 2.45) is 4.99 Å². The van der Waals surface area contributed by atoms with Crippen LogP contribution in [0.1, 0.15) is 32.0 Å². The first-order valence-corrected chi connectivity index (χ1v) is 10.0. The summed E-state index contributed by atoms with van der Waals surface area (Å²) in [6.07, 6.45) is 3.41. The summed E-state index contributed by atoms with van der Waals surface area (Å²) in [5, 5.41) is 6.82. The molecule has 1 aromatic heterocycles. The van der Waals surface area contributed by atoms with E-state index in [9.17, 15) is 4.79 Å². The number of aryl methyl sites for hydroxylation is 1. The van der Waals surface area contributed by atoms with Gasteiger partial charge in [-0.25, -0.2) is 9.78 Å². The van der Waals surface area contributed by atoms with Gasteiger partial charge in [-0.15, -0.1) is 0 Å². The van der Waals surface area contributed by atoms with Crippen LogP contribution in [0.2, 0.25) is 0 Å². The fourth-order valence-corrected chi connectivity index (χ4v) is 3.40. The van der Waals surface area contributed by atoms with Crippen molar-refractivity contribution in [1.29, 1.82) is 0 Å². The first kappa shape index (κ1) is 20.0. The second kappa shape index (κ2) is 9.96. The number of rotatable bonds is 6. The number of para-hydroxylation sites is 2. The molecule has 2 heterocycles. The quantitative estimate of drug-likeness (QED) is 0.402. The molecule has 0 bridgehead atoms. The number of guanidine groups is 1. The number of H-pyrrole nitrogens is 1. The summed E-state index contributed by atoms with van der Waals surface area (Å²) < 4.78 is 5.06. The number of nitrogens with zero attached hydrogens (tertiary/aromatic N) is 3. The maximum absolute atomic E-state index is 11.8. The largest absolute Gasteiger partial charge is 0.450 e. The minimum atomic E-state index is -0.214. The molecule has 28 heavy (non-hydrogen) atoms. The van der Waals surface area contributed by atoms with Gasteiger partial charge in [0.15, 0.2) is 5.96 Å². The highest BCUT2D eigenvalue weighted by Crippen LogP contribution is 2.12. The van der Waals surface area contributed by atoms with E-state index in [0.717, 1.165) is 55.0 Å². The van der Waals surface area contributed by atoms with Crippen molar-refractivity contribution < 1.29 is 9.53 Å². The summed E-state index contributed by atoms with van der Waals surface area (Å²) in [6.45, 7) is 4.48. The molecule has 0 aliphatic carbocycles. The molecule has 0 atom stereocenters. The molecular weight excluding hydrogens is 356 g/mol. The number of ether oxygens (including phenoxy) is 1. The summed E-state index contributed by atoms with van der Waals surface area (Å²) in [7, 11) is 1.78. The number of piperidine rings is 1. The van der Waals surface area contributed by atoms with Gasteiger partial charge in [0.1, 0.15) is 5.82 Å². The van der Waals surface area contributed by atoms with E-state index in [-0.39, 0.29) is 6.09 Å². The number of aromatic amines is 1. The van der Waals surface area contributed by atoms with Crippen molar-refractivity contribution in [3.8, 4) is 0 Å². The van der Waals surface area contributed by atoms with E-state index < -0.39 is 0 Å². The van der Waals surface area contributed by atoms with Gasteiger partial charge >= 0.3 is 6.09 Å². The highest BCUT2D eigenvalue weighted by molar-refractivity contribution is 5.80. The summed E-state index contributed by atoms with van der Waals surface area (Å²) in [6, 6.07) is 8.39. The third-order valence-electron chi connectivity index (χ3n) is 4.91. The molecular formula is C20H30N6O2. The molecule has 0 saturated carbocycles. The lowest BCUT2D eigenvalue weighted by molar-refractivity contribution is 0.0963. The number of benzene rings is 1. The van der Waals surface area contributed by atoms with Gasteiger partial charge in [-0.3, -0.25) is 4.99 Å². The zero-order valence-electron chi connectivity index (χ0n) is 16.7. The second-order valence-corrected chi connectivity index (χ2v) is 6.91. The SMILES string of the molecule is CCOC(=O)N1CCC(NC(=NC)NCCCc2nc3ccccc3[nH]2)CC1. The number of aliphatic imine (C=N–C) groups is 1. The average Bonchev–Trinajstić information content (AvgIpc) is 3.13. The second-order valence-electron chi connectivity index (χ2n) is 6.91. The predicted octanol–water partition coefficient (Wildman–Crippen LogP) is 2.28. The molecule has 0 spiro atoms. The van der Waals surface area contributed by atoms with E-state index in [1.807, 2.05) is 31.2 Å². The molecule has 0 radical (unpaired) electrons. The van der Waals surface area contributed by atoms with Crippen LogP contribution in [0.15, 0.2) is 29.3 Å². The van der Waals surface area contributed by atoms with Crippen LogP contribution in [0.5, 0.6) is 0 Å². The van der Waals surface area contributed by atoms with E-state index in [4.69, 9.17) is 4.74 Å². The van der Waals surface area contributed by atoms with E-state index in [2.05, 4.69) is 25.6 Å². The van der Waals surface area contributed by atoms with Crippen LogP contribution in [0.3, 0.4) is 0 Å². The Bertz CT molecular complexity index is 762. The number of carbonyl (C=O) groups is 1. The maximum Gasteiger partial charge on any atom is 0.409 e. The zero-order valence-corrected chi connectivity index (χ0v) is 16.7. The Labute approximate surface area is 165 Å². The number of imidazole rings is 1. The number of hydrogen-bond acceptors (Lipinski definition) is 4. The van der Waals surface area contributed by atoms with Crippen molar-refractivity contribution in [2.45, 2.75) is 38.6 Å². The number of carbonyl (C=O) groups excluding carboxylic acids is 1. The van der Waals surface area contributed by atoms with Crippen molar-refractivity contribution >= 4 is 23.1 Å². The molecule has 1 aromatic carbocycles. The highest BCUT2D eigenvalue weighted by Gasteiger charge is 2.23. The van der Waals surface area contributed by atoms with Crippen molar-refractivity contribution in [3.63, 3.8) is 0 Å². The summed E-state index contributed by atoms with van der Waals surface area (Å²) in [5.41, 5.74) is 2.09. The van der Waals surface area contributed by atoms with Gasteiger partial charge in [-0.2, -0.15) is 0 Å². The van der Waals surface area contributed by atoms with Gasteiger partial charge in [-0.05, 0) is 38.3 Å². The molecule has 8 nitrogen and oxygen atoms in total. The third-order valence-corrected chi connectivity index (χ3v) is 4.91. The summed E-state index contributed by atoms with van der Waals surface area (Å²) in [5.74, 6) is 1.82. The van der Waals surface area contributed by atoms with Crippen LogP contribution in [0, 0.1) is 0 Å². The summed E-state index contributed by atoms with van der Waals surface area (Å²) in [4.78, 5) is 25.8. The van der Waals surface area contributed by atoms with Crippen molar-refractivity contribution in [3.05, 3.63) is 30.1 Å². The molecule has 1 saturated heterocycles. The first-order chi connectivity index (χ1) is 13.7. The molecule has 3 N–H and O–H groups in total. The normalized spacial score (nSPS) is 15.6. The fourth-order valence-electron chi connectivity index (χ4n) is 3.40. The number of likely N-dealkylation sites (tertiary alicyclic amines) is 1. The Morgan fingerprint density at radius 2 is 2.14 bits per heavy atom. The molecule has 1 amide bonds. The van der Waals surface area contributed by atoms with Crippen LogP contribution in [0.4, 0.5) is 4.79 Å². The Balaban J connectivity index is 1.36. The Morgan fingerprint density at radius 1 is 1.36 bits per heavy atom. The molecule has 1 fully saturated rings. The molecule has 0 unspecified atom stereocenters. The van der Waals surface area contributed by atoms with Gasteiger partial charge in [0.2, 0.25) is 0 Å². The standard InChI is InChI=1S/C20H30N6O2/c1-3-28-20(27)26-13-10-15(11-14-26)23-19(21-2)22-12-6-9-18-24-16-7-4-5-8-17(16)25-18/h4-5,7-8,15H,3,6,9-14H2,1-2H3,(H,24,25)(H2,21,22,23). The van der Waals surface area contributed by atoms with E-state index in [0.29, 0.717) is 25.7 Å². The monoisotopic (exact) mass is 386 g/mol. The van der Waals surface area contributed by atoms with Gasteiger partial charge in [0.05, 0.1) is 17.6 Å². The lowest BCUT2D eigenvalue weighted by atomic mass is 10.1. The van der Waals surface area contributed by atoms with Crippen molar-refractivity contribution in [2.75, 3.05) is 33.3 Å². The van der Waals surface area contributed by atoms with Crippen LogP contribution in [-0.2, 0) is 11.2 Å². The molecule has 2 aromatic rings. The molecule has 8 heteroatoms. The lowest BCUT2D eigenvalue weighted by Crippen LogP contribution is -2.50. The summed E-state index contributed by atoms with van der Waals surface area (Å²) >= 11 is 0. The number of hydrogen-bond donors (Lipinski definition) is 3. The van der Waals surface area contributed by atoms with E-state index >= 15 is 0 Å². The Kier molecular flexibility index (Phi) is 7.11. The maximum atomic E-state index is 11.8. The van der Waals surface area contributed by atoms with Crippen LogP contribution in [0.25, 0.3) is 11.0 Å². The Hall–Kier alpha value is -2.77. The molecule has 1 aliphatic rings. The highest BCUT2D eigenvalue weighted by atomic mass is 16.6. The van der Waals surface area contributed by atoms with Crippen LogP contribution in [-0.4, -0.2) is 66.3 Å². The number of nitrogens with one attached hydrogen (secondary N) is 3.